The van der Waals surface area contributed by atoms with Crippen LogP contribution in [0.3, 0.4) is 0 Å². The van der Waals surface area contributed by atoms with Gasteiger partial charge in [-0.1, -0.05) is 17.7 Å². The maximum atomic E-state index is 13.6. The summed E-state index contributed by atoms with van der Waals surface area (Å²) < 4.78 is 22.9. The summed E-state index contributed by atoms with van der Waals surface area (Å²) in [6.45, 7) is 3.41. The second-order valence-corrected chi connectivity index (χ2v) is 8.59. The minimum absolute atomic E-state index is 0.0608. The zero-order valence-corrected chi connectivity index (χ0v) is 19.2. The fourth-order valence-corrected chi connectivity index (χ4v) is 4.84. The summed E-state index contributed by atoms with van der Waals surface area (Å²) in [6, 6.07) is 9.64. The van der Waals surface area contributed by atoms with Crippen molar-refractivity contribution in [2.24, 2.45) is 0 Å². The maximum absolute atomic E-state index is 13.6. The van der Waals surface area contributed by atoms with E-state index in [1.54, 1.807) is 36.3 Å². The number of rotatable bonds is 6. The fraction of sp³-hybridized carbons (Fsp3) is 0.360. The summed E-state index contributed by atoms with van der Waals surface area (Å²) in [6.07, 6.45) is 1.72. The molecule has 1 saturated heterocycles. The van der Waals surface area contributed by atoms with E-state index < -0.39 is 6.04 Å². The first-order valence-electron chi connectivity index (χ1n) is 11.0. The minimum atomic E-state index is -0.638. The molecule has 1 fully saturated rings. The number of benzene rings is 2. The van der Waals surface area contributed by atoms with E-state index in [2.05, 4.69) is 0 Å². The highest BCUT2D eigenvalue weighted by atomic mass is 35.5. The monoisotopic (exact) mass is 469 g/mol. The van der Waals surface area contributed by atoms with Gasteiger partial charge < -0.3 is 23.5 Å². The summed E-state index contributed by atoms with van der Waals surface area (Å²) >= 11 is 6.15. The number of carbonyl (C=O) groups excluding carboxylic acids is 1. The Balaban J connectivity index is 1.69. The predicted molar refractivity (Wildman–Crippen MR) is 124 cm³/mol. The molecular weight excluding hydrogens is 446 g/mol. The molecule has 2 aliphatic heterocycles. The van der Waals surface area contributed by atoms with Gasteiger partial charge in [-0.05, 0) is 55.7 Å². The molecule has 3 heterocycles. The molecule has 2 atom stereocenters. The summed E-state index contributed by atoms with van der Waals surface area (Å²) in [5, 5.41) is 0.769. The number of halogens is 1. The van der Waals surface area contributed by atoms with Gasteiger partial charge in [0.1, 0.15) is 5.58 Å². The molecule has 0 N–H and O–H groups in total. The largest absolute Gasteiger partial charge is 0.493 e. The van der Waals surface area contributed by atoms with Crippen molar-refractivity contribution < 1.29 is 23.4 Å². The average molecular weight is 470 g/mol. The summed E-state index contributed by atoms with van der Waals surface area (Å²) in [5.41, 5.74) is 1.10. The number of ether oxygens (including phenoxy) is 3. The topological polar surface area (TPSA) is 78.2 Å². The van der Waals surface area contributed by atoms with Crippen LogP contribution in [-0.4, -0.2) is 43.8 Å². The maximum Gasteiger partial charge on any atom is 0.291 e. The SMILES string of the molecule is CCOc1ccc(C2c3c(oc4ccc(Cl)cc4c3=O)C(=O)N2CC2CCCO2)cc1OC. The molecular formula is C25H24ClNO6. The van der Waals surface area contributed by atoms with Crippen LogP contribution in [0.25, 0.3) is 11.0 Å². The molecule has 33 heavy (non-hydrogen) atoms. The van der Waals surface area contributed by atoms with Crippen molar-refractivity contribution in [2.75, 3.05) is 26.9 Å². The molecule has 7 nitrogen and oxygen atoms in total. The molecule has 0 radical (unpaired) electrons. The van der Waals surface area contributed by atoms with Gasteiger partial charge in [-0.3, -0.25) is 9.59 Å². The number of methoxy groups -OCH3 is 1. The van der Waals surface area contributed by atoms with E-state index in [1.807, 2.05) is 19.1 Å². The molecule has 172 valence electrons. The Morgan fingerprint density at radius 1 is 1.15 bits per heavy atom. The van der Waals surface area contributed by atoms with E-state index in [1.165, 1.54) is 0 Å². The molecule has 2 aromatic carbocycles. The normalized spacial score (nSPS) is 19.8. The van der Waals surface area contributed by atoms with E-state index in [-0.39, 0.29) is 23.2 Å². The molecule has 3 aromatic rings. The second kappa shape index (κ2) is 8.72. The lowest BCUT2D eigenvalue weighted by atomic mass is 9.97. The Bertz CT molecular complexity index is 1280. The molecule has 0 aliphatic carbocycles. The zero-order chi connectivity index (χ0) is 23.1. The first-order chi connectivity index (χ1) is 16.0. The number of carbonyl (C=O) groups is 1. The van der Waals surface area contributed by atoms with Crippen LogP contribution in [0, 0.1) is 0 Å². The van der Waals surface area contributed by atoms with Gasteiger partial charge >= 0.3 is 0 Å². The van der Waals surface area contributed by atoms with Crippen molar-refractivity contribution in [3.8, 4) is 11.5 Å². The lowest BCUT2D eigenvalue weighted by Gasteiger charge is -2.28. The zero-order valence-electron chi connectivity index (χ0n) is 18.4. The van der Waals surface area contributed by atoms with Gasteiger partial charge in [0, 0.05) is 18.2 Å². The van der Waals surface area contributed by atoms with Gasteiger partial charge in [0.25, 0.3) is 5.91 Å². The van der Waals surface area contributed by atoms with E-state index >= 15 is 0 Å². The Morgan fingerprint density at radius 3 is 2.73 bits per heavy atom. The van der Waals surface area contributed by atoms with Gasteiger partial charge in [-0.2, -0.15) is 0 Å². The lowest BCUT2D eigenvalue weighted by Crippen LogP contribution is -2.36. The van der Waals surface area contributed by atoms with Crippen LogP contribution in [0.4, 0.5) is 0 Å². The highest BCUT2D eigenvalue weighted by Gasteiger charge is 2.44. The summed E-state index contributed by atoms with van der Waals surface area (Å²) in [7, 11) is 1.56. The van der Waals surface area contributed by atoms with Crippen LogP contribution in [0.1, 0.15) is 47.5 Å². The molecule has 2 unspecified atom stereocenters. The van der Waals surface area contributed by atoms with Crippen molar-refractivity contribution in [1.29, 1.82) is 0 Å². The highest BCUT2D eigenvalue weighted by Crippen LogP contribution is 2.41. The van der Waals surface area contributed by atoms with Gasteiger partial charge in [0.15, 0.2) is 16.9 Å². The van der Waals surface area contributed by atoms with Gasteiger partial charge in [-0.15, -0.1) is 0 Å². The third kappa shape index (κ3) is 3.75. The number of nitrogens with zero attached hydrogens (tertiary/aromatic N) is 1. The van der Waals surface area contributed by atoms with Crippen molar-refractivity contribution in [1.82, 2.24) is 4.90 Å². The molecule has 8 heteroatoms. The van der Waals surface area contributed by atoms with Gasteiger partial charge in [0.2, 0.25) is 5.76 Å². The van der Waals surface area contributed by atoms with Crippen LogP contribution >= 0.6 is 11.6 Å². The summed E-state index contributed by atoms with van der Waals surface area (Å²) in [5.74, 6) is 0.856. The van der Waals surface area contributed by atoms with Crippen LogP contribution in [0.5, 0.6) is 11.5 Å². The fourth-order valence-electron chi connectivity index (χ4n) is 4.66. The third-order valence-corrected chi connectivity index (χ3v) is 6.39. The molecule has 0 saturated carbocycles. The standard InChI is InChI=1S/C25H24ClNO6/c1-3-31-19-8-6-14(11-20(19)30-2)22-21-23(28)17-12-15(26)7-9-18(17)33-24(21)25(29)27(22)13-16-5-4-10-32-16/h6-9,11-12,16,22H,3-5,10,13H2,1-2H3. The van der Waals surface area contributed by atoms with Crippen LogP contribution in [0.2, 0.25) is 5.02 Å². The molecule has 0 bridgehead atoms. The Morgan fingerprint density at radius 2 is 2.00 bits per heavy atom. The van der Waals surface area contributed by atoms with Crippen molar-refractivity contribution >= 4 is 28.5 Å². The van der Waals surface area contributed by atoms with E-state index in [4.69, 9.17) is 30.2 Å². The predicted octanol–water partition coefficient (Wildman–Crippen LogP) is 4.58. The third-order valence-electron chi connectivity index (χ3n) is 6.16. The van der Waals surface area contributed by atoms with Crippen molar-refractivity contribution in [3.63, 3.8) is 0 Å². The smallest absolute Gasteiger partial charge is 0.291 e. The number of fused-ring (bicyclic) bond motifs is 2. The molecule has 0 spiro atoms. The van der Waals surface area contributed by atoms with Crippen molar-refractivity contribution in [2.45, 2.75) is 31.9 Å². The molecule has 1 aromatic heterocycles. The molecule has 2 aliphatic rings. The Hall–Kier alpha value is -3.03. The van der Waals surface area contributed by atoms with Crippen LogP contribution in [-0.2, 0) is 4.74 Å². The first-order valence-corrected chi connectivity index (χ1v) is 11.4. The molecule has 5 rings (SSSR count). The van der Waals surface area contributed by atoms with Crippen LogP contribution in [0.15, 0.2) is 45.6 Å². The van der Waals surface area contributed by atoms with Crippen molar-refractivity contribution in [3.05, 3.63) is 68.5 Å². The highest BCUT2D eigenvalue weighted by molar-refractivity contribution is 6.31. The first kappa shape index (κ1) is 21.8. The van der Waals surface area contributed by atoms with E-state index in [9.17, 15) is 9.59 Å². The average Bonchev–Trinajstić information content (AvgIpc) is 3.42. The van der Waals surface area contributed by atoms with E-state index in [0.29, 0.717) is 52.8 Å². The van der Waals surface area contributed by atoms with Gasteiger partial charge in [0.05, 0.1) is 36.8 Å². The van der Waals surface area contributed by atoms with Crippen LogP contribution < -0.4 is 14.9 Å². The minimum Gasteiger partial charge on any atom is -0.493 e. The van der Waals surface area contributed by atoms with Gasteiger partial charge in [-0.25, -0.2) is 0 Å². The quantitative estimate of drug-likeness (QED) is 0.526. The molecule has 1 amide bonds. The summed E-state index contributed by atoms with van der Waals surface area (Å²) in [4.78, 5) is 28.8. The lowest BCUT2D eigenvalue weighted by molar-refractivity contribution is 0.0486. The number of hydrogen-bond donors (Lipinski definition) is 0. The van der Waals surface area contributed by atoms with E-state index in [0.717, 1.165) is 18.4 Å². The second-order valence-electron chi connectivity index (χ2n) is 8.15. The Labute approximate surface area is 195 Å². The number of hydrogen-bond acceptors (Lipinski definition) is 6. The number of amides is 1. The Kier molecular flexibility index (Phi) is 5.76.